The van der Waals surface area contributed by atoms with Crippen LogP contribution in [0.1, 0.15) is 12.0 Å². The normalized spacial score (nSPS) is 19.1. The second-order valence-corrected chi connectivity index (χ2v) is 4.30. The van der Waals surface area contributed by atoms with Crippen molar-refractivity contribution in [1.82, 2.24) is 10.6 Å². The molecule has 1 aliphatic rings. The zero-order chi connectivity index (χ0) is 12.8. The third kappa shape index (κ3) is 3.60. The van der Waals surface area contributed by atoms with Crippen LogP contribution in [-0.2, 0) is 4.79 Å². The zero-order valence-electron chi connectivity index (χ0n) is 10.5. The maximum absolute atomic E-state index is 11.6. The molecule has 4 heteroatoms. The Morgan fingerprint density at radius 2 is 2.22 bits per heavy atom. The minimum Gasteiger partial charge on any atom is -0.497 e. The number of methoxy groups -OCH3 is 1. The molecule has 4 nitrogen and oxygen atoms in total. The van der Waals surface area contributed by atoms with Gasteiger partial charge in [0.15, 0.2) is 0 Å². The van der Waals surface area contributed by atoms with E-state index >= 15 is 0 Å². The van der Waals surface area contributed by atoms with Gasteiger partial charge in [-0.15, -0.1) is 0 Å². The van der Waals surface area contributed by atoms with Gasteiger partial charge in [0.2, 0.25) is 5.91 Å². The molecule has 1 aliphatic heterocycles. The van der Waals surface area contributed by atoms with E-state index in [0.717, 1.165) is 30.8 Å². The van der Waals surface area contributed by atoms with Gasteiger partial charge in [-0.3, -0.25) is 4.79 Å². The van der Waals surface area contributed by atoms with Crippen molar-refractivity contribution in [2.75, 3.05) is 20.2 Å². The van der Waals surface area contributed by atoms with Gasteiger partial charge in [-0.25, -0.2) is 0 Å². The van der Waals surface area contributed by atoms with Crippen LogP contribution in [0.15, 0.2) is 30.3 Å². The number of nitrogens with one attached hydrogen (secondary N) is 2. The SMILES string of the molecule is COc1ccc(C=CC(=O)N[C@@H]2CCNC2)cc1. The summed E-state index contributed by atoms with van der Waals surface area (Å²) >= 11 is 0. The van der Waals surface area contributed by atoms with Gasteiger partial charge in [0.05, 0.1) is 7.11 Å². The Morgan fingerprint density at radius 3 is 2.83 bits per heavy atom. The molecular formula is C14H18N2O2. The van der Waals surface area contributed by atoms with Crippen LogP contribution in [0.4, 0.5) is 0 Å². The van der Waals surface area contributed by atoms with E-state index in [1.165, 1.54) is 0 Å². The summed E-state index contributed by atoms with van der Waals surface area (Å²) in [6, 6.07) is 7.84. The number of benzene rings is 1. The molecule has 1 aromatic carbocycles. The van der Waals surface area contributed by atoms with Crippen molar-refractivity contribution in [3.63, 3.8) is 0 Å². The lowest BCUT2D eigenvalue weighted by Gasteiger charge is -2.08. The largest absolute Gasteiger partial charge is 0.497 e. The average Bonchev–Trinajstić information content (AvgIpc) is 2.90. The van der Waals surface area contributed by atoms with Crippen LogP contribution in [0.2, 0.25) is 0 Å². The van der Waals surface area contributed by atoms with E-state index in [0.29, 0.717) is 0 Å². The van der Waals surface area contributed by atoms with Gasteiger partial charge >= 0.3 is 0 Å². The van der Waals surface area contributed by atoms with Gasteiger partial charge in [0, 0.05) is 18.7 Å². The number of amides is 1. The molecule has 0 aromatic heterocycles. The Hall–Kier alpha value is -1.81. The molecule has 0 aliphatic carbocycles. The third-order valence-electron chi connectivity index (χ3n) is 2.95. The van der Waals surface area contributed by atoms with Crippen molar-refractivity contribution in [1.29, 1.82) is 0 Å². The van der Waals surface area contributed by atoms with Crippen LogP contribution in [0, 0.1) is 0 Å². The van der Waals surface area contributed by atoms with E-state index in [2.05, 4.69) is 10.6 Å². The summed E-state index contributed by atoms with van der Waals surface area (Å²) in [6.45, 7) is 1.84. The van der Waals surface area contributed by atoms with Crippen molar-refractivity contribution < 1.29 is 9.53 Å². The molecule has 1 aromatic rings. The number of ether oxygens (including phenoxy) is 1. The molecule has 2 rings (SSSR count). The first-order chi connectivity index (χ1) is 8.78. The van der Waals surface area contributed by atoms with Crippen molar-refractivity contribution >= 4 is 12.0 Å². The number of hydrogen-bond acceptors (Lipinski definition) is 3. The first-order valence-electron chi connectivity index (χ1n) is 6.11. The van der Waals surface area contributed by atoms with E-state index in [-0.39, 0.29) is 11.9 Å². The molecule has 96 valence electrons. The molecule has 0 spiro atoms. The topological polar surface area (TPSA) is 50.4 Å². The second kappa shape index (κ2) is 6.21. The Kier molecular flexibility index (Phi) is 4.36. The Bertz CT molecular complexity index is 420. The summed E-state index contributed by atoms with van der Waals surface area (Å²) in [5.74, 6) is 0.771. The van der Waals surface area contributed by atoms with E-state index in [9.17, 15) is 4.79 Å². The van der Waals surface area contributed by atoms with E-state index < -0.39 is 0 Å². The van der Waals surface area contributed by atoms with Crippen LogP contribution in [0.5, 0.6) is 5.75 Å². The molecule has 1 fully saturated rings. The molecule has 2 N–H and O–H groups in total. The van der Waals surface area contributed by atoms with Gasteiger partial charge in [-0.1, -0.05) is 12.1 Å². The Labute approximate surface area is 107 Å². The lowest BCUT2D eigenvalue weighted by atomic mass is 10.2. The summed E-state index contributed by atoms with van der Waals surface area (Å²) in [6.07, 6.45) is 4.37. The predicted octanol–water partition coefficient (Wildman–Crippen LogP) is 1.19. The molecule has 0 saturated carbocycles. The minimum absolute atomic E-state index is 0.0421. The van der Waals surface area contributed by atoms with Gasteiger partial charge in [-0.05, 0) is 36.7 Å². The molecule has 1 heterocycles. The number of hydrogen-bond donors (Lipinski definition) is 2. The van der Waals surface area contributed by atoms with Crippen molar-refractivity contribution in [3.8, 4) is 5.75 Å². The fraction of sp³-hybridized carbons (Fsp3) is 0.357. The Balaban J connectivity index is 1.86. The van der Waals surface area contributed by atoms with E-state index in [4.69, 9.17) is 4.74 Å². The number of carbonyl (C=O) groups excluding carboxylic acids is 1. The third-order valence-corrected chi connectivity index (χ3v) is 2.95. The lowest BCUT2D eigenvalue weighted by Crippen LogP contribution is -2.34. The number of rotatable bonds is 4. The molecule has 0 radical (unpaired) electrons. The van der Waals surface area contributed by atoms with Crippen LogP contribution >= 0.6 is 0 Å². The molecular weight excluding hydrogens is 228 g/mol. The summed E-state index contributed by atoms with van der Waals surface area (Å²) in [7, 11) is 1.63. The first kappa shape index (κ1) is 12.6. The highest BCUT2D eigenvalue weighted by Gasteiger charge is 2.14. The van der Waals surface area contributed by atoms with Gasteiger partial charge in [0.1, 0.15) is 5.75 Å². The van der Waals surface area contributed by atoms with Gasteiger partial charge in [-0.2, -0.15) is 0 Å². The maximum atomic E-state index is 11.6. The maximum Gasteiger partial charge on any atom is 0.244 e. The van der Waals surface area contributed by atoms with E-state index in [1.54, 1.807) is 19.3 Å². The molecule has 1 saturated heterocycles. The summed E-state index contributed by atoms with van der Waals surface area (Å²) in [5.41, 5.74) is 0.982. The highest BCUT2D eigenvalue weighted by atomic mass is 16.5. The van der Waals surface area contributed by atoms with Crippen LogP contribution in [0.3, 0.4) is 0 Å². The fourth-order valence-electron chi connectivity index (χ4n) is 1.91. The molecule has 1 atom stereocenters. The lowest BCUT2D eigenvalue weighted by molar-refractivity contribution is -0.117. The van der Waals surface area contributed by atoms with Crippen molar-refractivity contribution in [2.24, 2.45) is 0 Å². The van der Waals surface area contributed by atoms with Crippen LogP contribution in [-0.4, -0.2) is 32.1 Å². The Morgan fingerprint density at radius 1 is 1.44 bits per heavy atom. The van der Waals surface area contributed by atoms with Gasteiger partial charge in [0.25, 0.3) is 0 Å². The highest BCUT2D eigenvalue weighted by molar-refractivity contribution is 5.91. The highest BCUT2D eigenvalue weighted by Crippen LogP contribution is 2.12. The summed E-state index contributed by atoms with van der Waals surface area (Å²) in [4.78, 5) is 11.6. The zero-order valence-corrected chi connectivity index (χ0v) is 10.5. The second-order valence-electron chi connectivity index (χ2n) is 4.30. The standard InChI is InChI=1S/C14H18N2O2/c1-18-13-5-2-11(3-6-13)4-7-14(17)16-12-8-9-15-10-12/h2-7,12,15H,8-10H2,1H3,(H,16,17)/t12-/m1/s1. The molecule has 0 unspecified atom stereocenters. The quantitative estimate of drug-likeness (QED) is 0.785. The molecule has 18 heavy (non-hydrogen) atoms. The van der Waals surface area contributed by atoms with Gasteiger partial charge < -0.3 is 15.4 Å². The smallest absolute Gasteiger partial charge is 0.244 e. The molecule has 0 bridgehead atoms. The fourth-order valence-corrected chi connectivity index (χ4v) is 1.91. The van der Waals surface area contributed by atoms with Crippen molar-refractivity contribution in [2.45, 2.75) is 12.5 Å². The van der Waals surface area contributed by atoms with Crippen LogP contribution < -0.4 is 15.4 Å². The first-order valence-corrected chi connectivity index (χ1v) is 6.11. The summed E-state index contributed by atoms with van der Waals surface area (Å²) < 4.78 is 5.07. The minimum atomic E-state index is -0.0421. The summed E-state index contributed by atoms with van der Waals surface area (Å²) in [5, 5.41) is 6.17. The predicted molar refractivity (Wildman–Crippen MR) is 71.4 cm³/mol. The molecule has 1 amide bonds. The van der Waals surface area contributed by atoms with Crippen molar-refractivity contribution in [3.05, 3.63) is 35.9 Å². The average molecular weight is 246 g/mol. The van der Waals surface area contributed by atoms with Crippen LogP contribution in [0.25, 0.3) is 6.08 Å². The van der Waals surface area contributed by atoms with E-state index in [1.807, 2.05) is 24.3 Å². The number of carbonyl (C=O) groups is 1. The monoisotopic (exact) mass is 246 g/mol.